The normalized spacial score (nSPS) is 17.8. The molecule has 25 heavy (non-hydrogen) atoms. The van der Waals surface area contributed by atoms with Crippen LogP contribution in [0.2, 0.25) is 0 Å². The molecule has 0 bridgehead atoms. The first-order valence-corrected chi connectivity index (χ1v) is 8.47. The van der Waals surface area contributed by atoms with Gasteiger partial charge < -0.3 is 5.32 Å². The Morgan fingerprint density at radius 1 is 1.36 bits per heavy atom. The van der Waals surface area contributed by atoms with Crippen LogP contribution in [0.5, 0.6) is 0 Å². The summed E-state index contributed by atoms with van der Waals surface area (Å²) in [6, 6.07) is 3.98. The maximum absolute atomic E-state index is 13.6. The molecule has 7 heteroatoms. The van der Waals surface area contributed by atoms with Crippen molar-refractivity contribution in [2.45, 2.75) is 25.3 Å². The zero-order chi connectivity index (χ0) is 17.8. The van der Waals surface area contributed by atoms with Gasteiger partial charge in [0.2, 0.25) is 5.91 Å². The van der Waals surface area contributed by atoms with Gasteiger partial charge in [0.1, 0.15) is 11.6 Å². The molecule has 1 aliphatic heterocycles. The van der Waals surface area contributed by atoms with Crippen molar-refractivity contribution >= 4 is 5.91 Å². The molecule has 1 atom stereocenters. The minimum Gasteiger partial charge on any atom is -0.355 e. The number of nitrogens with zero attached hydrogens (tertiary/aromatic N) is 3. The molecule has 1 N–H and O–H groups in total. The number of carbonyl (C=O) groups is 1. The second-order valence-corrected chi connectivity index (χ2v) is 6.38. The van der Waals surface area contributed by atoms with E-state index in [1.54, 1.807) is 4.68 Å². The van der Waals surface area contributed by atoms with E-state index < -0.39 is 11.6 Å². The average molecular weight is 348 g/mol. The van der Waals surface area contributed by atoms with Crippen molar-refractivity contribution in [2.24, 2.45) is 7.05 Å². The van der Waals surface area contributed by atoms with Gasteiger partial charge in [0.15, 0.2) is 0 Å². The molecule has 1 aromatic heterocycles. The number of hydrogen-bond donors (Lipinski definition) is 1. The number of aromatic nitrogens is 2. The lowest BCUT2D eigenvalue weighted by Crippen LogP contribution is -2.37. The largest absolute Gasteiger partial charge is 0.355 e. The van der Waals surface area contributed by atoms with E-state index in [9.17, 15) is 13.6 Å². The quantitative estimate of drug-likeness (QED) is 0.871. The van der Waals surface area contributed by atoms with E-state index in [0.717, 1.165) is 24.9 Å². The van der Waals surface area contributed by atoms with Crippen LogP contribution >= 0.6 is 0 Å². The lowest BCUT2D eigenvalue weighted by Gasteiger charge is -2.22. The third-order valence-corrected chi connectivity index (χ3v) is 4.58. The number of nitrogens with one attached hydrogen (secondary N) is 1. The van der Waals surface area contributed by atoms with Crippen LogP contribution in [0.25, 0.3) is 0 Å². The first-order valence-electron chi connectivity index (χ1n) is 8.47. The van der Waals surface area contributed by atoms with Gasteiger partial charge in [-0.15, -0.1) is 0 Å². The highest BCUT2D eigenvalue weighted by molar-refractivity contribution is 5.78. The van der Waals surface area contributed by atoms with Crippen LogP contribution in [-0.4, -0.2) is 40.2 Å². The molecule has 3 rings (SSSR count). The summed E-state index contributed by atoms with van der Waals surface area (Å²) < 4.78 is 28.9. The summed E-state index contributed by atoms with van der Waals surface area (Å²) in [5.74, 6) is -1.29. The fourth-order valence-electron chi connectivity index (χ4n) is 3.34. The van der Waals surface area contributed by atoms with Crippen molar-refractivity contribution in [3.8, 4) is 0 Å². The molecule has 1 unspecified atom stereocenters. The number of rotatable bonds is 6. The van der Waals surface area contributed by atoms with Gasteiger partial charge >= 0.3 is 0 Å². The van der Waals surface area contributed by atoms with Gasteiger partial charge in [0, 0.05) is 37.0 Å². The van der Waals surface area contributed by atoms with Gasteiger partial charge in [-0.25, -0.2) is 8.78 Å². The molecule has 1 aliphatic rings. The Kier molecular flexibility index (Phi) is 5.43. The molecule has 2 heterocycles. The summed E-state index contributed by atoms with van der Waals surface area (Å²) in [5.41, 5.74) is 1.12. The molecule has 1 amide bonds. The molecule has 0 aliphatic carbocycles. The van der Waals surface area contributed by atoms with Crippen LogP contribution in [0.15, 0.2) is 30.6 Å². The van der Waals surface area contributed by atoms with Crippen molar-refractivity contribution < 1.29 is 13.6 Å². The fourth-order valence-corrected chi connectivity index (χ4v) is 3.34. The Morgan fingerprint density at radius 2 is 2.12 bits per heavy atom. The Labute approximate surface area is 145 Å². The third-order valence-electron chi connectivity index (χ3n) is 4.58. The lowest BCUT2D eigenvalue weighted by atomic mass is 10.1. The van der Waals surface area contributed by atoms with Gasteiger partial charge in [-0.1, -0.05) is 6.07 Å². The molecule has 2 aromatic rings. The zero-order valence-corrected chi connectivity index (χ0v) is 14.2. The summed E-state index contributed by atoms with van der Waals surface area (Å²) in [6.45, 7) is 1.34. The number of aryl methyl sites for hydroxylation is 1. The van der Waals surface area contributed by atoms with E-state index in [1.807, 2.05) is 19.4 Å². The van der Waals surface area contributed by atoms with E-state index in [4.69, 9.17) is 0 Å². The number of benzene rings is 1. The highest BCUT2D eigenvalue weighted by Gasteiger charge is 2.28. The second kappa shape index (κ2) is 7.74. The molecular formula is C18H22F2N4O. The van der Waals surface area contributed by atoms with E-state index in [0.29, 0.717) is 0 Å². The summed E-state index contributed by atoms with van der Waals surface area (Å²) in [6.07, 6.45) is 5.98. The van der Waals surface area contributed by atoms with Crippen molar-refractivity contribution in [1.82, 2.24) is 20.0 Å². The number of likely N-dealkylation sites (tertiary alicyclic amines) is 1. The predicted molar refractivity (Wildman–Crippen MR) is 89.8 cm³/mol. The van der Waals surface area contributed by atoms with Crippen molar-refractivity contribution in [3.63, 3.8) is 0 Å². The zero-order valence-electron chi connectivity index (χ0n) is 14.2. The van der Waals surface area contributed by atoms with E-state index in [1.165, 1.54) is 18.2 Å². The Bertz CT molecular complexity index is 726. The standard InChI is InChI=1S/C18H22F2N4O/c1-23-11-13(10-22-23)17-6-3-9-24(17)12-18(25)21-8-7-14-15(19)4-2-5-16(14)20/h2,4-5,10-11,17H,3,6-9,12H2,1H3,(H,21,25). The number of amides is 1. The van der Waals surface area contributed by atoms with Crippen molar-refractivity contribution in [1.29, 1.82) is 0 Å². The van der Waals surface area contributed by atoms with Crippen LogP contribution in [0.1, 0.15) is 30.0 Å². The number of halogens is 2. The molecule has 134 valence electrons. The average Bonchev–Trinajstić information content (AvgIpc) is 3.19. The lowest BCUT2D eigenvalue weighted by molar-refractivity contribution is -0.122. The molecule has 1 aromatic carbocycles. The molecule has 1 fully saturated rings. The minimum atomic E-state index is -0.578. The topological polar surface area (TPSA) is 50.2 Å². The first kappa shape index (κ1) is 17.5. The first-order chi connectivity index (χ1) is 12.0. The molecule has 0 saturated carbocycles. The van der Waals surface area contributed by atoms with Crippen LogP contribution in [-0.2, 0) is 18.3 Å². The molecule has 1 saturated heterocycles. The van der Waals surface area contributed by atoms with Crippen LogP contribution in [0.3, 0.4) is 0 Å². The van der Waals surface area contributed by atoms with Gasteiger partial charge in [-0.05, 0) is 37.9 Å². The van der Waals surface area contributed by atoms with E-state index in [-0.39, 0.29) is 37.0 Å². The summed E-state index contributed by atoms with van der Waals surface area (Å²) >= 11 is 0. The highest BCUT2D eigenvalue weighted by atomic mass is 19.1. The van der Waals surface area contributed by atoms with Crippen molar-refractivity contribution in [3.05, 3.63) is 53.4 Å². The maximum atomic E-state index is 13.6. The van der Waals surface area contributed by atoms with Crippen LogP contribution in [0, 0.1) is 11.6 Å². The summed E-state index contributed by atoms with van der Waals surface area (Å²) in [4.78, 5) is 14.3. The van der Waals surface area contributed by atoms with Crippen molar-refractivity contribution in [2.75, 3.05) is 19.6 Å². The monoisotopic (exact) mass is 348 g/mol. The molecule has 0 spiro atoms. The SMILES string of the molecule is Cn1cc(C2CCCN2CC(=O)NCCc2c(F)cccc2F)cn1. The maximum Gasteiger partial charge on any atom is 0.234 e. The fraction of sp³-hybridized carbons (Fsp3) is 0.444. The van der Waals surface area contributed by atoms with Gasteiger partial charge in [0.05, 0.1) is 12.7 Å². The van der Waals surface area contributed by atoms with Crippen LogP contribution < -0.4 is 5.32 Å². The minimum absolute atomic E-state index is 0.0113. The number of carbonyl (C=O) groups excluding carboxylic acids is 1. The van der Waals surface area contributed by atoms with Gasteiger partial charge in [-0.2, -0.15) is 5.10 Å². The van der Waals surface area contributed by atoms with Gasteiger partial charge in [0.25, 0.3) is 0 Å². The van der Waals surface area contributed by atoms with Gasteiger partial charge in [-0.3, -0.25) is 14.4 Å². The summed E-state index contributed by atoms with van der Waals surface area (Å²) in [5, 5.41) is 6.95. The second-order valence-electron chi connectivity index (χ2n) is 6.38. The highest BCUT2D eigenvalue weighted by Crippen LogP contribution is 2.30. The smallest absolute Gasteiger partial charge is 0.234 e. The molecular weight excluding hydrogens is 326 g/mol. The third kappa shape index (κ3) is 4.22. The molecule has 5 nitrogen and oxygen atoms in total. The summed E-state index contributed by atoms with van der Waals surface area (Å²) in [7, 11) is 1.87. The van der Waals surface area contributed by atoms with E-state index in [2.05, 4.69) is 15.3 Å². The Balaban J connectivity index is 1.50. The predicted octanol–water partition coefficient (Wildman–Crippen LogP) is 2.19. The van der Waals surface area contributed by atoms with Crippen LogP contribution in [0.4, 0.5) is 8.78 Å². The Morgan fingerprint density at radius 3 is 2.80 bits per heavy atom. The number of hydrogen-bond acceptors (Lipinski definition) is 3. The molecule has 0 radical (unpaired) electrons. The Hall–Kier alpha value is -2.28. The van der Waals surface area contributed by atoms with E-state index >= 15 is 0 Å².